The molecule has 132 valence electrons. The summed E-state index contributed by atoms with van der Waals surface area (Å²) < 4.78 is 5.46. The number of nitrogens with zero attached hydrogens (tertiary/aromatic N) is 2. The summed E-state index contributed by atoms with van der Waals surface area (Å²) in [6.07, 6.45) is 8.36. The van der Waals surface area contributed by atoms with Crippen LogP contribution in [0.25, 0.3) is 0 Å². The largest absolute Gasteiger partial charge is 0.444 e. The minimum atomic E-state index is -0.527. The Morgan fingerprint density at radius 1 is 1.00 bits per heavy atom. The second-order valence-corrected chi connectivity index (χ2v) is 7.93. The quantitative estimate of drug-likeness (QED) is 0.730. The molecule has 0 aromatic carbocycles. The number of rotatable bonds is 2. The van der Waals surface area contributed by atoms with Crippen LogP contribution in [-0.4, -0.2) is 53.1 Å². The fraction of sp³-hybridized carbons (Fsp3) is 0.889. The molecule has 1 aliphatic heterocycles. The highest BCUT2D eigenvalue weighted by atomic mass is 16.6. The van der Waals surface area contributed by atoms with E-state index in [0.717, 1.165) is 25.7 Å². The van der Waals surface area contributed by atoms with Crippen molar-refractivity contribution in [2.45, 2.75) is 89.8 Å². The predicted octanol–water partition coefficient (Wildman–Crippen LogP) is 3.57. The van der Waals surface area contributed by atoms with E-state index < -0.39 is 5.60 Å². The second kappa shape index (κ2) is 7.54. The van der Waals surface area contributed by atoms with Crippen molar-refractivity contribution in [3.8, 4) is 0 Å². The van der Waals surface area contributed by atoms with E-state index >= 15 is 0 Å². The Morgan fingerprint density at radius 3 is 2.17 bits per heavy atom. The number of ether oxygens (including phenoxy) is 1. The molecular formula is C18H32N2O3. The third-order valence-electron chi connectivity index (χ3n) is 4.89. The van der Waals surface area contributed by atoms with Gasteiger partial charge in [0.05, 0.1) is 0 Å². The first kappa shape index (κ1) is 18.1. The van der Waals surface area contributed by atoms with Gasteiger partial charge in [0.15, 0.2) is 0 Å². The predicted molar refractivity (Wildman–Crippen MR) is 90.2 cm³/mol. The van der Waals surface area contributed by atoms with Crippen LogP contribution < -0.4 is 0 Å². The van der Waals surface area contributed by atoms with Crippen LogP contribution in [0.15, 0.2) is 0 Å². The van der Waals surface area contributed by atoms with E-state index in [4.69, 9.17) is 4.74 Å². The summed E-state index contributed by atoms with van der Waals surface area (Å²) in [6, 6.07) is -0.0239. The molecular weight excluding hydrogens is 292 g/mol. The maximum atomic E-state index is 12.9. The average molecular weight is 324 g/mol. The molecule has 2 fully saturated rings. The van der Waals surface area contributed by atoms with Crippen LogP contribution in [0.3, 0.4) is 0 Å². The van der Waals surface area contributed by atoms with E-state index in [1.165, 1.54) is 25.7 Å². The summed E-state index contributed by atoms with van der Waals surface area (Å²) in [4.78, 5) is 28.8. The van der Waals surface area contributed by atoms with Crippen molar-refractivity contribution >= 4 is 12.0 Å². The summed E-state index contributed by atoms with van der Waals surface area (Å²) in [7, 11) is 1.91. The van der Waals surface area contributed by atoms with Crippen LogP contribution in [0.2, 0.25) is 0 Å². The lowest BCUT2D eigenvalue weighted by atomic mass is 10.1. The fourth-order valence-corrected chi connectivity index (χ4v) is 3.62. The summed E-state index contributed by atoms with van der Waals surface area (Å²) in [5.41, 5.74) is -0.527. The fourth-order valence-electron chi connectivity index (χ4n) is 3.62. The molecule has 0 aromatic heterocycles. The van der Waals surface area contributed by atoms with Gasteiger partial charge in [-0.25, -0.2) is 4.79 Å². The number of amides is 2. The Hall–Kier alpha value is -1.26. The summed E-state index contributed by atoms with van der Waals surface area (Å²) in [6.45, 7) is 6.18. The van der Waals surface area contributed by atoms with Gasteiger partial charge in [0.25, 0.3) is 0 Å². The van der Waals surface area contributed by atoms with Gasteiger partial charge < -0.3 is 9.64 Å². The zero-order valence-corrected chi connectivity index (χ0v) is 15.1. The van der Waals surface area contributed by atoms with Crippen molar-refractivity contribution < 1.29 is 14.3 Å². The van der Waals surface area contributed by atoms with Crippen LogP contribution in [0.1, 0.15) is 72.1 Å². The third-order valence-corrected chi connectivity index (χ3v) is 4.89. The van der Waals surface area contributed by atoms with Gasteiger partial charge in [-0.3, -0.25) is 9.69 Å². The highest BCUT2D eigenvalue weighted by Gasteiger charge is 2.39. The number of likely N-dealkylation sites (N-methyl/N-ethyl adjacent to an activating group) is 1. The highest BCUT2D eigenvalue weighted by molar-refractivity contribution is 5.86. The Morgan fingerprint density at radius 2 is 1.61 bits per heavy atom. The Bertz CT molecular complexity index is 422. The zero-order chi connectivity index (χ0) is 17.0. The van der Waals surface area contributed by atoms with Crippen molar-refractivity contribution in [3.63, 3.8) is 0 Å². The lowest BCUT2D eigenvalue weighted by Gasteiger charge is -2.33. The Balaban J connectivity index is 2.00. The summed E-state index contributed by atoms with van der Waals surface area (Å²) in [5, 5.41) is 0. The topological polar surface area (TPSA) is 49.9 Å². The number of likely N-dealkylation sites (tertiary alicyclic amines) is 1. The first-order valence-electron chi connectivity index (χ1n) is 9.06. The lowest BCUT2D eigenvalue weighted by molar-refractivity contribution is -0.137. The minimum Gasteiger partial charge on any atom is -0.444 e. The molecule has 1 saturated heterocycles. The van der Waals surface area contributed by atoms with Crippen LogP contribution in [0.4, 0.5) is 4.79 Å². The molecule has 5 nitrogen and oxygen atoms in total. The molecule has 1 aliphatic carbocycles. The van der Waals surface area contributed by atoms with Gasteiger partial charge in [0.1, 0.15) is 11.6 Å². The number of carbonyl (C=O) groups is 2. The van der Waals surface area contributed by atoms with Gasteiger partial charge in [-0.1, -0.05) is 25.7 Å². The molecule has 1 saturated carbocycles. The molecule has 0 unspecified atom stereocenters. The molecule has 1 heterocycles. The Kier molecular flexibility index (Phi) is 5.93. The van der Waals surface area contributed by atoms with E-state index in [9.17, 15) is 9.59 Å². The Labute approximate surface area is 140 Å². The van der Waals surface area contributed by atoms with E-state index in [1.54, 1.807) is 4.90 Å². The molecule has 2 rings (SSSR count). The maximum Gasteiger partial charge on any atom is 0.410 e. The standard InChI is InChI=1S/C18H32N2O3/c1-18(2,3)23-17(22)20-13-9-12-15(20)16(21)19(4)14-10-7-5-6-8-11-14/h14-15H,5-13H2,1-4H3/t15-/m0/s1. The first-order valence-corrected chi connectivity index (χ1v) is 9.06. The summed E-state index contributed by atoms with van der Waals surface area (Å²) in [5.74, 6) is 0.0836. The van der Waals surface area contributed by atoms with Crippen molar-refractivity contribution in [3.05, 3.63) is 0 Å². The highest BCUT2D eigenvalue weighted by Crippen LogP contribution is 2.26. The van der Waals surface area contributed by atoms with Gasteiger partial charge in [-0.2, -0.15) is 0 Å². The SMILES string of the molecule is CN(C(=O)[C@@H]1CCCN1C(=O)OC(C)(C)C)C1CCCCCC1. The van der Waals surface area contributed by atoms with Crippen LogP contribution >= 0.6 is 0 Å². The number of hydrogen-bond donors (Lipinski definition) is 0. The molecule has 2 aliphatic rings. The van der Waals surface area contributed by atoms with Gasteiger partial charge in [-0.15, -0.1) is 0 Å². The van der Waals surface area contributed by atoms with Crippen molar-refractivity contribution in [2.75, 3.05) is 13.6 Å². The van der Waals surface area contributed by atoms with Crippen LogP contribution in [0, 0.1) is 0 Å². The number of hydrogen-bond acceptors (Lipinski definition) is 3. The molecule has 0 bridgehead atoms. The normalized spacial score (nSPS) is 23.5. The minimum absolute atomic E-state index is 0.0836. The lowest BCUT2D eigenvalue weighted by Crippen LogP contribution is -2.50. The van der Waals surface area contributed by atoms with Crippen molar-refractivity contribution in [1.82, 2.24) is 9.80 Å². The van der Waals surface area contributed by atoms with Gasteiger partial charge in [0.2, 0.25) is 5.91 Å². The average Bonchev–Trinajstić information content (AvgIpc) is 2.79. The summed E-state index contributed by atoms with van der Waals surface area (Å²) >= 11 is 0. The van der Waals surface area contributed by atoms with E-state index in [1.807, 2.05) is 32.7 Å². The third kappa shape index (κ3) is 4.85. The van der Waals surface area contributed by atoms with E-state index in [0.29, 0.717) is 12.6 Å². The molecule has 0 aromatic rings. The molecule has 1 atom stereocenters. The van der Waals surface area contributed by atoms with Gasteiger partial charge >= 0.3 is 6.09 Å². The molecule has 5 heteroatoms. The molecule has 2 amide bonds. The monoisotopic (exact) mass is 324 g/mol. The smallest absolute Gasteiger partial charge is 0.410 e. The number of carbonyl (C=O) groups excluding carboxylic acids is 2. The van der Waals surface area contributed by atoms with Crippen molar-refractivity contribution in [1.29, 1.82) is 0 Å². The second-order valence-electron chi connectivity index (χ2n) is 7.93. The maximum absolute atomic E-state index is 12.9. The molecule has 0 N–H and O–H groups in total. The van der Waals surface area contributed by atoms with Gasteiger partial charge in [-0.05, 0) is 46.5 Å². The molecule has 0 radical (unpaired) electrons. The molecule has 23 heavy (non-hydrogen) atoms. The first-order chi connectivity index (χ1) is 10.8. The van der Waals surface area contributed by atoms with Crippen LogP contribution in [0.5, 0.6) is 0 Å². The molecule has 0 spiro atoms. The van der Waals surface area contributed by atoms with Crippen LogP contribution in [-0.2, 0) is 9.53 Å². The van der Waals surface area contributed by atoms with E-state index in [2.05, 4.69) is 0 Å². The van der Waals surface area contributed by atoms with Gasteiger partial charge in [0, 0.05) is 19.6 Å². The van der Waals surface area contributed by atoms with E-state index in [-0.39, 0.29) is 18.0 Å². The van der Waals surface area contributed by atoms with Crippen molar-refractivity contribution in [2.24, 2.45) is 0 Å². The zero-order valence-electron chi connectivity index (χ0n) is 15.1.